The van der Waals surface area contributed by atoms with Crippen molar-refractivity contribution in [3.8, 4) is 0 Å². The molecule has 0 bridgehead atoms. The van der Waals surface area contributed by atoms with Crippen LogP contribution in [0.25, 0.3) is 0 Å². The average Bonchev–Trinajstić information content (AvgIpc) is 2.28. The maximum absolute atomic E-state index is 10.5. The van der Waals surface area contributed by atoms with Gasteiger partial charge in [-0.1, -0.05) is 29.9 Å². The van der Waals surface area contributed by atoms with Crippen LogP contribution >= 0.6 is 12.2 Å². The predicted molar refractivity (Wildman–Crippen MR) is 73.2 cm³/mol. The number of benzene rings is 1. The molecule has 0 aliphatic heterocycles. The summed E-state index contributed by atoms with van der Waals surface area (Å²) in [7, 11) is 0. The number of hydrazone groups is 1. The van der Waals surface area contributed by atoms with Gasteiger partial charge >= 0.3 is 6.03 Å². The highest BCUT2D eigenvalue weighted by atomic mass is 32.1. The van der Waals surface area contributed by atoms with Crippen molar-refractivity contribution < 1.29 is 4.79 Å². The molecule has 2 amide bonds. The van der Waals surface area contributed by atoms with E-state index in [4.69, 9.17) is 18.0 Å². The predicted octanol–water partition coefficient (Wildman–Crippen LogP) is 1.78. The molecule has 0 heterocycles. The summed E-state index contributed by atoms with van der Waals surface area (Å²) in [5.74, 6) is 0. The molecule has 5 nitrogen and oxygen atoms in total. The van der Waals surface area contributed by atoms with Crippen LogP contribution in [0, 0.1) is 6.92 Å². The van der Waals surface area contributed by atoms with Crippen molar-refractivity contribution in [2.24, 2.45) is 10.8 Å². The summed E-state index contributed by atoms with van der Waals surface area (Å²) in [6, 6.07) is 7.05. The minimum atomic E-state index is -0.720. The summed E-state index contributed by atoms with van der Waals surface area (Å²) < 4.78 is 0. The first-order valence-corrected chi connectivity index (χ1v) is 5.37. The Labute approximate surface area is 105 Å². The Morgan fingerprint density at radius 2 is 1.94 bits per heavy atom. The molecule has 17 heavy (non-hydrogen) atoms. The molecule has 1 aromatic rings. The van der Waals surface area contributed by atoms with E-state index in [0.717, 1.165) is 5.69 Å². The number of nitrogens with two attached hydrogens (primary N) is 1. The first-order chi connectivity index (χ1) is 7.99. The topological polar surface area (TPSA) is 79.5 Å². The molecule has 0 radical (unpaired) electrons. The first-order valence-electron chi connectivity index (χ1n) is 4.97. The van der Waals surface area contributed by atoms with E-state index in [9.17, 15) is 4.79 Å². The van der Waals surface area contributed by atoms with Gasteiger partial charge in [-0.15, -0.1) is 0 Å². The van der Waals surface area contributed by atoms with Gasteiger partial charge in [-0.2, -0.15) is 5.10 Å². The van der Waals surface area contributed by atoms with Crippen LogP contribution in [0.1, 0.15) is 12.5 Å². The van der Waals surface area contributed by atoms with Crippen LogP contribution in [0.2, 0.25) is 0 Å². The fourth-order valence-corrected chi connectivity index (χ4v) is 1.21. The number of anilines is 1. The zero-order chi connectivity index (χ0) is 12.8. The number of amides is 2. The number of thiocarbonyl (C=S) groups is 1. The van der Waals surface area contributed by atoms with E-state index in [-0.39, 0.29) is 0 Å². The van der Waals surface area contributed by atoms with Crippen molar-refractivity contribution in [1.29, 1.82) is 0 Å². The molecular formula is C11H14N4OS. The number of rotatable bonds is 3. The summed E-state index contributed by atoms with van der Waals surface area (Å²) in [4.78, 5) is 10.9. The zero-order valence-corrected chi connectivity index (χ0v) is 10.5. The van der Waals surface area contributed by atoms with Crippen LogP contribution < -0.4 is 16.5 Å². The van der Waals surface area contributed by atoms with Gasteiger partial charge in [0.2, 0.25) is 0 Å². The molecule has 1 rings (SSSR count). The van der Waals surface area contributed by atoms with Gasteiger partial charge in [0.15, 0.2) is 0 Å². The van der Waals surface area contributed by atoms with Crippen molar-refractivity contribution in [3.63, 3.8) is 0 Å². The molecule has 0 fully saturated rings. The lowest BCUT2D eigenvalue weighted by Gasteiger charge is -2.07. The van der Waals surface area contributed by atoms with Gasteiger partial charge in [-0.05, 0) is 26.0 Å². The Kier molecular flexibility index (Phi) is 4.59. The second-order valence-electron chi connectivity index (χ2n) is 3.49. The van der Waals surface area contributed by atoms with Gasteiger partial charge in [-0.3, -0.25) is 0 Å². The third-order valence-corrected chi connectivity index (χ3v) is 2.37. The van der Waals surface area contributed by atoms with E-state index in [0.29, 0.717) is 10.7 Å². The van der Waals surface area contributed by atoms with Gasteiger partial charge in [-0.25, -0.2) is 10.2 Å². The van der Waals surface area contributed by atoms with Gasteiger partial charge in [0.25, 0.3) is 0 Å². The molecule has 0 saturated heterocycles. The first kappa shape index (κ1) is 13.1. The monoisotopic (exact) mass is 250 g/mol. The molecule has 0 spiro atoms. The Balaban J connectivity index is 2.63. The molecular weight excluding hydrogens is 236 g/mol. The third kappa shape index (κ3) is 4.60. The zero-order valence-electron chi connectivity index (χ0n) is 9.65. The van der Waals surface area contributed by atoms with Gasteiger partial charge in [0, 0.05) is 5.69 Å². The number of carbonyl (C=O) groups is 1. The lowest BCUT2D eigenvalue weighted by atomic mass is 10.2. The van der Waals surface area contributed by atoms with Gasteiger partial charge < -0.3 is 11.1 Å². The van der Waals surface area contributed by atoms with E-state index in [2.05, 4.69) is 15.8 Å². The number of hydrogen-bond donors (Lipinski definition) is 3. The van der Waals surface area contributed by atoms with Crippen LogP contribution in [0.3, 0.4) is 0 Å². The molecule has 1 aromatic carbocycles. The maximum atomic E-state index is 10.5. The molecule has 4 N–H and O–H groups in total. The van der Waals surface area contributed by atoms with Crippen LogP contribution in [0.4, 0.5) is 10.5 Å². The Hall–Kier alpha value is -1.95. The van der Waals surface area contributed by atoms with Crippen molar-refractivity contribution in [2.45, 2.75) is 13.8 Å². The summed E-state index contributed by atoms with van der Waals surface area (Å²) >= 11 is 5.11. The van der Waals surface area contributed by atoms with Crippen molar-refractivity contribution >= 4 is 34.6 Å². The van der Waals surface area contributed by atoms with E-state index in [1.165, 1.54) is 5.56 Å². The number of carbonyl (C=O) groups excluding carboxylic acids is 1. The van der Waals surface area contributed by atoms with E-state index >= 15 is 0 Å². The van der Waals surface area contributed by atoms with Crippen LogP contribution in [-0.2, 0) is 0 Å². The van der Waals surface area contributed by atoms with Crippen LogP contribution in [0.5, 0.6) is 0 Å². The lowest BCUT2D eigenvalue weighted by molar-refractivity contribution is 0.249. The number of hydrogen-bond acceptors (Lipinski definition) is 3. The van der Waals surface area contributed by atoms with E-state index < -0.39 is 6.03 Å². The third-order valence-electron chi connectivity index (χ3n) is 1.97. The second-order valence-corrected chi connectivity index (χ2v) is 3.90. The quantitative estimate of drug-likeness (QED) is 0.434. The van der Waals surface area contributed by atoms with Gasteiger partial charge in [0.05, 0.1) is 5.71 Å². The van der Waals surface area contributed by atoms with Gasteiger partial charge in [0.1, 0.15) is 4.99 Å². The molecule has 0 aliphatic carbocycles. The standard InChI is InChI=1S/C11H14N4OS/c1-7-3-5-9(6-4-7)13-10(17)8(2)14-15-11(12)16/h3-6H,1-2H3,(H,13,17)(H3,12,15,16)/b14-8+. The minimum Gasteiger partial charge on any atom is -0.350 e. The highest BCUT2D eigenvalue weighted by Crippen LogP contribution is 2.08. The van der Waals surface area contributed by atoms with Crippen molar-refractivity contribution in [2.75, 3.05) is 5.32 Å². The van der Waals surface area contributed by atoms with Crippen molar-refractivity contribution in [1.82, 2.24) is 5.43 Å². The second kappa shape index (κ2) is 5.95. The van der Waals surface area contributed by atoms with E-state index in [1.54, 1.807) is 6.92 Å². The minimum absolute atomic E-state index is 0.433. The summed E-state index contributed by atoms with van der Waals surface area (Å²) in [5.41, 5.74) is 9.53. The molecule has 0 aliphatic rings. The molecule has 6 heteroatoms. The number of aryl methyl sites for hydroxylation is 1. The van der Waals surface area contributed by atoms with Crippen LogP contribution in [0.15, 0.2) is 29.4 Å². The van der Waals surface area contributed by atoms with E-state index in [1.807, 2.05) is 31.2 Å². The lowest BCUT2D eigenvalue weighted by Crippen LogP contribution is -2.28. The number of primary amides is 1. The molecule has 90 valence electrons. The molecule has 0 atom stereocenters. The highest BCUT2D eigenvalue weighted by Gasteiger charge is 2.02. The smallest absolute Gasteiger partial charge is 0.332 e. The SMILES string of the molecule is C/C(=N\NC(N)=O)C(=S)Nc1ccc(C)cc1. The summed E-state index contributed by atoms with van der Waals surface area (Å²) in [5, 5.41) is 6.73. The fourth-order valence-electron chi connectivity index (χ4n) is 1.05. The number of urea groups is 1. The van der Waals surface area contributed by atoms with Crippen molar-refractivity contribution in [3.05, 3.63) is 29.8 Å². The normalized spacial score (nSPS) is 10.8. The molecule has 0 unspecified atom stereocenters. The number of nitrogens with one attached hydrogen (secondary N) is 2. The Morgan fingerprint density at radius 1 is 1.35 bits per heavy atom. The summed E-state index contributed by atoms with van der Waals surface area (Å²) in [6.45, 7) is 3.69. The summed E-state index contributed by atoms with van der Waals surface area (Å²) in [6.07, 6.45) is 0. The molecule has 0 saturated carbocycles. The highest BCUT2D eigenvalue weighted by molar-refractivity contribution is 7.82. The molecule has 0 aromatic heterocycles. The fraction of sp³-hybridized carbons (Fsp3) is 0.182. The number of nitrogens with zero attached hydrogens (tertiary/aromatic N) is 1. The largest absolute Gasteiger partial charge is 0.350 e. The van der Waals surface area contributed by atoms with Crippen LogP contribution in [-0.4, -0.2) is 16.7 Å². The Bertz CT molecular complexity index is 453. The average molecular weight is 250 g/mol. The Morgan fingerprint density at radius 3 is 2.47 bits per heavy atom. The maximum Gasteiger partial charge on any atom is 0.332 e.